The maximum Gasteiger partial charge on any atom is 0.251 e. The molecule has 4 amide bonds. The van der Waals surface area contributed by atoms with Crippen LogP contribution in [0.3, 0.4) is 0 Å². The van der Waals surface area contributed by atoms with E-state index in [1.165, 1.54) is 18.6 Å². The molecule has 0 spiro atoms. The first kappa shape index (κ1) is 64.5. The van der Waals surface area contributed by atoms with Gasteiger partial charge in [0.2, 0.25) is 28.1 Å². The van der Waals surface area contributed by atoms with Crippen molar-refractivity contribution in [1.82, 2.24) is 21.3 Å². The Bertz CT molecular complexity index is 2280. The number of ether oxygens (including phenoxy) is 8. The summed E-state index contributed by atoms with van der Waals surface area (Å²) in [6, 6.07) is -0.788. The number of rotatable bonds is 25. The van der Waals surface area contributed by atoms with Crippen molar-refractivity contribution in [2.75, 3.05) is 33.0 Å². The first-order valence-electron chi connectivity index (χ1n) is 25.4. The van der Waals surface area contributed by atoms with Crippen LogP contribution in [0.4, 0.5) is 0 Å². The molecule has 4 aliphatic heterocycles. The lowest BCUT2D eigenvalue weighted by Gasteiger charge is -2.51. The normalized spacial score (nSPS) is 35.1. The molecular formula is C48H73N4O25S-. The van der Waals surface area contributed by atoms with Crippen molar-refractivity contribution in [3.05, 3.63) is 29.8 Å². The fourth-order valence-electron chi connectivity index (χ4n) is 9.20. The zero-order chi connectivity index (χ0) is 57.4. The van der Waals surface area contributed by atoms with Crippen LogP contribution in [-0.4, -0.2) is 238 Å². The molecule has 13 N–H and O–H groups in total. The molecule has 1 aromatic rings. The van der Waals surface area contributed by atoms with Gasteiger partial charge in [-0.2, -0.15) is 0 Å². The minimum atomic E-state index is -5.41. The van der Waals surface area contributed by atoms with Crippen molar-refractivity contribution >= 4 is 34.0 Å². The van der Waals surface area contributed by atoms with Crippen LogP contribution < -0.4 is 26.0 Å². The fourth-order valence-corrected chi connectivity index (χ4v) is 9.50. The molecule has 4 saturated heterocycles. The van der Waals surface area contributed by atoms with Gasteiger partial charge in [-0.05, 0) is 31.0 Å². The molecule has 10 unspecified atom stereocenters. The van der Waals surface area contributed by atoms with Gasteiger partial charge < -0.3 is 110 Å². The van der Waals surface area contributed by atoms with Gasteiger partial charge in [0.15, 0.2) is 25.2 Å². The van der Waals surface area contributed by atoms with Gasteiger partial charge in [-0.25, -0.2) is 8.42 Å². The Morgan fingerprint density at radius 1 is 0.603 bits per heavy atom. The summed E-state index contributed by atoms with van der Waals surface area (Å²) in [7, 11) is -5.41. The molecular weight excluding hydrogens is 1060 g/mol. The number of benzene rings is 1. The van der Waals surface area contributed by atoms with E-state index in [4.69, 9.17) is 37.9 Å². The fraction of sp³-hybridized carbons (Fsp3) is 0.750. The molecule has 0 saturated carbocycles. The van der Waals surface area contributed by atoms with Gasteiger partial charge in [0.05, 0.1) is 33.0 Å². The SMILES string of the molecule is CCCCCCC#CCCCOc1cccc(C(=O)N[C@H]2C(O[C@H]3C(O)C(NC(C)=O)C(OC4C(CO)O[C@@H](O[C@H]5C(O)C(NC(C)=O)C(O)O[C@@H]5COS(=O)(=O)[O-])[C@H](NC(C)=O)[C@H]4O)O[C@@H]3CO)OC(CO)[C@H](O)[C@@H]2O)c1. The molecule has 30 heteroatoms. The molecule has 1 aromatic carbocycles. The molecule has 0 aromatic heterocycles. The predicted octanol–water partition coefficient (Wildman–Crippen LogP) is -5.26. The molecule has 4 aliphatic rings. The van der Waals surface area contributed by atoms with E-state index in [2.05, 4.69) is 44.2 Å². The molecule has 0 aliphatic carbocycles. The van der Waals surface area contributed by atoms with E-state index in [1.807, 2.05) is 0 Å². The van der Waals surface area contributed by atoms with E-state index in [9.17, 15) is 78.1 Å². The van der Waals surface area contributed by atoms with E-state index in [0.717, 1.165) is 46.5 Å². The number of hydrogen-bond donors (Lipinski definition) is 13. The highest BCUT2D eigenvalue weighted by Gasteiger charge is 2.56. The topological polar surface area (TPSA) is 439 Å². The highest BCUT2D eigenvalue weighted by atomic mass is 32.3. The van der Waals surface area contributed by atoms with Crippen LogP contribution in [0.25, 0.3) is 0 Å². The Kier molecular flexibility index (Phi) is 25.2. The van der Waals surface area contributed by atoms with E-state index < -0.39 is 183 Å². The molecule has 0 bridgehead atoms. The third-order valence-corrected chi connectivity index (χ3v) is 13.5. The number of amides is 4. The standard InChI is InChI=1S/C48H74N4O25S/c1-5-6-7-8-9-10-11-12-13-17-69-27-16-14-15-26(18-27)44(64)52-33-37(60)36(59)28(19-53)72-46(33)75-41-29(20-54)73-47(34(39(41)62)50-24(3)57)76-42-30(21-55)74-48(35(40(42)63)51-25(4)58)77-43-31(22-70-78(66,67)68)71-45(65)32(38(43)61)49-23(2)56/h14-16,18,28-43,45-48,53-55,59-63,65H,5-9,12-13,17,19-22H2,1-4H3,(H,49,56)(H,50,57)(H,51,58)(H,52,64)(H,66,67,68)/p-1/t28?,29-,30?,31-,32?,33-,34?,35-,36+,37-,38?,39?,40-,41-,42?,43-,45?,46?,47?,48+/m1/s1. The summed E-state index contributed by atoms with van der Waals surface area (Å²) < 4.78 is 85.6. The number of nitrogens with one attached hydrogen (secondary N) is 4. The second-order valence-corrected chi connectivity index (χ2v) is 20.1. The third-order valence-electron chi connectivity index (χ3n) is 13.0. The van der Waals surface area contributed by atoms with Crippen molar-refractivity contribution in [1.29, 1.82) is 0 Å². The summed E-state index contributed by atoms with van der Waals surface area (Å²) in [4.78, 5) is 51.1. The maximum absolute atomic E-state index is 13.8. The molecule has 5 rings (SSSR count). The highest BCUT2D eigenvalue weighted by molar-refractivity contribution is 7.80. The average molecular weight is 1140 g/mol. The van der Waals surface area contributed by atoms with E-state index in [1.54, 1.807) is 12.1 Å². The van der Waals surface area contributed by atoms with Gasteiger partial charge in [-0.1, -0.05) is 32.3 Å². The lowest BCUT2D eigenvalue weighted by Crippen LogP contribution is -2.71. The van der Waals surface area contributed by atoms with Gasteiger partial charge in [0.1, 0.15) is 103 Å². The number of aliphatic hydroxyl groups is 9. The zero-order valence-corrected chi connectivity index (χ0v) is 44.1. The van der Waals surface area contributed by atoms with Gasteiger partial charge in [0, 0.05) is 39.2 Å². The van der Waals surface area contributed by atoms with Gasteiger partial charge >= 0.3 is 0 Å². The van der Waals surface area contributed by atoms with Crippen molar-refractivity contribution in [2.45, 2.75) is 195 Å². The summed E-state index contributed by atoms with van der Waals surface area (Å²) in [6.45, 7) is 1.41. The van der Waals surface area contributed by atoms with Crippen LogP contribution in [0.1, 0.15) is 83.0 Å². The maximum atomic E-state index is 13.8. The van der Waals surface area contributed by atoms with Crippen LogP contribution in [0.15, 0.2) is 24.3 Å². The Morgan fingerprint density at radius 2 is 1.08 bits per heavy atom. The third kappa shape index (κ3) is 17.8. The summed E-state index contributed by atoms with van der Waals surface area (Å²) in [5.41, 5.74) is 0.0426. The van der Waals surface area contributed by atoms with Crippen molar-refractivity contribution < 1.29 is 120 Å². The summed E-state index contributed by atoms with van der Waals surface area (Å²) in [5.74, 6) is 3.36. The van der Waals surface area contributed by atoms with E-state index in [0.29, 0.717) is 25.2 Å². The second-order valence-electron chi connectivity index (χ2n) is 19.0. The smallest absolute Gasteiger partial charge is 0.251 e. The molecule has 4 fully saturated rings. The first-order chi connectivity index (χ1) is 37.0. The van der Waals surface area contributed by atoms with Crippen molar-refractivity contribution in [2.24, 2.45) is 0 Å². The second kappa shape index (κ2) is 30.5. The number of carbonyl (C=O) groups excluding carboxylic acids is 4. The first-order valence-corrected chi connectivity index (χ1v) is 26.8. The Hall–Kier alpha value is -4.31. The lowest BCUT2D eigenvalue weighted by atomic mass is 9.93. The van der Waals surface area contributed by atoms with Crippen molar-refractivity contribution in [3.63, 3.8) is 0 Å². The molecule has 4 heterocycles. The van der Waals surface area contributed by atoms with Crippen LogP contribution in [-0.2, 0) is 62.1 Å². The largest absolute Gasteiger partial charge is 0.726 e. The van der Waals surface area contributed by atoms with Crippen LogP contribution in [0.2, 0.25) is 0 Å². The molecule has 0 radical (unpaired) electrons. The number of hydrogen-bond acceptors (Lipinski definition) is 25. The van der Waals surface area contributed by atoms with E-state index >= 15 is 0 Å². The minimum absolute atomic E-state index is 0.0426. The van der Waals surface area contributed by atoms with Crippen LogP contribution in [0, 0.1) is 11.8 Å². The highest BCUT2D eigenvalue weighted by Crippen LogP contribution is 2.35. The summed E-state index contributed by atoms with van der Waals surface area (Å²) in [5, 5.41) is 109. The molecule has 29 nitrogen and oxygen atoms in total. The minimum Gasteiger partial charge on any atom is -0.726 e. The average Bonchev–Trinajstić information content (AvgIpc) is 3.47. The zero-order valence-electron chi connectivity index (χ0n) is 43.3. The molecule has 20 atom stereocenters. The van der Waals surface area contributed by atoms with Gasteiger partial charge in [0.25, 0.3) is 5.91 Å². The van der Waals surface area contributed by atoms with E-state index in [-0.39, 0.29) is 5.56 Å². The molecule has 442 valence electrons. The van der Waals surface area contributed by atoms with Crippen LogP contribution in [0.5, 0.6) is 5.75 Å². The number of unbranched alkanes of at least 4 members (excludes halogenated alkanes) is 5. The predicted molar refractivity (Wildman–Crippen MR) is 260 cm³/mol. The Morgan fingerprint density at radius 3 is 1.58 bits per heavy atom. The summed E-state index contributed by atoms with van der Waals surface area (Å²) in [6.07, 6.45) is -23.2. The van der Waals surface area contributed by atoms with Gasteiger partial charge in [-0.15, -0.1) is 11.8 Å². The van der Waals surface area contributed by atoms with Crippen LogP contribution >= 0.6 is 0 Å². The summed E-state index contributed by atoms with van der Waals surface area (Å²) >= 11 is 0. The monoisotopic (exact) mass is 1140 g/mol. The quantitative estimate of drug-likeness (QED) is 0.0188. The van der Waals surface area contributed by atoms with Gasteiger partial charge in [-0.3, -0.25) is 23.4 Å². The lowest BCUT2D eigenvalue weighted by molar-refractivity contribution is -0.361. The Labute approximate surface area is 450 Å². The number of aliphatic hydroxyl groups excluding tert-OH is 9. The molecule has 78 heavy (non-hydrogen) atoms. The van der Waals surface area contributed by atoms with Crippen molar-refractivity contribution in [3.8, 4) is 17.6 Å². The Balaban J connectivity index is 1.35. The number of carbonyl (C=O) groups is 4.